The molecule has 0 spiro atoms. The van der Waals surface area contributed by atoms with E-state index in [1.54, 1.807) is 18.5 Å². The van der Waals surface area contributed by atoms with Crippen molar-refractivity contribution in [3.63, 3.8) is 0 Å². The van der Waals surface area contributed by atoms with Gasteiger partial charge in [-0.05, 0) is 53.9 Å². The Morgan fingerprint density at radius 2 is 1.92 bits per heavy atom. The molecule has 6 nitrogen and oxygen atoms in total. The average molecular weight is 545 g/mol. The highest BCUT2D eigenvalue weighted by Gasteiger charge is 2.37. The van der Waals surface area contributed by atoms with Crippen LogP contribution in [0.1, 0.15) is 17.5 Å². The Morgan fingerprint density at radius 1 is 1.03 bits per heavy atom. The number of fused-ring (bicyclic) bond motifs is 2. The number of nitrogens with zero attached hydrogens (tertiary/aromatic N) is 4. The van der Waals surface area contributed by atoms with E-state index in [9.17, 15) is 13.2 Å². The van der Waals surface area contributed by atoms with Crippen LogP contribution in [-0.4, -0.2) is 49.1 Å². The van der Waals surface area contributed by atoms with Gasteiger partial charge in [0.25, 0.3) is 5.92 Å². The molecule has 4 aromatic heterocycles. The molecule has 6 aromatic rings. The lowest BCUT2D eigenvalue weighted by molar-refractivity contribution is 0.0115. The number of likely N-dealkylation sites (tertiary alicyclic amines) is 1. The Labute approximate surface area is 225 Å². The minimum atomic E-state index is -2.61. The van der Waals surface area contributed by atoms with Gasteiger partial charge in [-0.25, -0.2) is 13.8 Å². The maximum absolute atomic E-state index is 13.7. The van der Waals surface area contributed by atoms with E-state index in [-0.39, 0.29) is 18.1 Å². The lowest BCUT2D eigenvalue weighted by atomic mass is 9.98. The minimum Gasteiger partial charge on any atom is -0.335 e. The molecule has 0 atom stereocenters. The third-order valence-corrected chi connectivity index (χ3v) is 8.05. The van der Waals surface area contributed by atoms with Crippen LogP contribution >= 0.6 is 11.3 Å². The molecule has 0 amide bonds. The summed E-state index contributed by atoms with van der Waals surface area (Å²) in [6.07, 6.45) is 3.30. The Balaban J connectivity index is 1.26. The van der Waals surface area contributed by atoms with E-state index in [0.717, 1.165) is 60.5 Å². The van der Waals surface area contributed by atoms with Gasteiger partial charge in [-0.2, -0.15) is 9.49 Å². The highest BCUT2D eigenvalue weighted by molar-refractivity contribution is 7.14. The fraction of sp³-hybridized carbons (Fsp3) is 0.207. The van der Waals surface area contributed by atoms with Gasteiger partial charge in [-0.15, -0.1) is 11.3 Å². The third kappa shape index (κ3) is 4.49. The zero-order valence-electron chi connectivity index (χ0n) is 20.9. The zero-order valence-corrected chi connectivity index (χ0v) is 21.7. The predicted molar refractivity (Wildman–Crippen MR) is 147 cm³/mol. The summed E-state index contributed by atoms with van der Waals surface area (Å²) in [7, 11) is 0. The van der Waals surface area contributed by atoms with E-state index in [2.05, 4.69) is 44.4 Å². The molecule has 0 unspecified atom stereocenters. The van der Waals surface area contributed by atoms with Gasteiger partial charge in [0.1, 0.15) is 11.2 Å². The lowest BCUT2D eigenvalue weighted by Gasteiger charge is -2.17. The first kappa shape index (κ1) is 24.1. The van der Waals surface area contributed by atoms with Crippen molar-refractivity contribution in [2.75, 3.05) is 13.1 Å². The summed E-state index contributed by atoms with van der Waals surface area (Å²) in [5, 5.41) is 8.26. The van der Waals surface area contributed by atoms with Gasteiger partial charge in [0.05, 0.1) is 23.8 Å². The largest absolute Gasteiger partial charge is 0.335 e. The van der Waals surface area contributed by atoms with Crippen LogP contribution in [0.2, 0.25) is 0 Å². The molecule has 0 saturated carbocycles. The third-order valence-electron chi connectivity index (χ3n) is 7.15. The number of benzene rings is 2. The molecule has 7 rings (SSSR count). The van der Waals surface area contributed by atoms with Crippen LogP contribution in [0.5, 0.6) is 0 Å². The first-order valence-corrected chi connectivity index (χ1v) is 13.4. The standard InChI is InChI=1S/C29H23F3N6S/c1-16-8-17(14-38-7-6-29(31,32)15-38)10-19(9-16)18-2-3-22-20(11-18)27(37-36-22)28-34-23-13-33-12-21(26(23)35-28)24-4-5-25(30)39-24/h2-5,8-13H,6-7,14-15H2,1H3,(H,34,35)(H,36,37). The van der Waals surface area contributed by atoms with Crippen molar-refractivity contribution in [1.29, 1.82) is 0 Å². The number of halogens is 3. The summed E-state index contributed by atoms with van der Waals surface area (Å²) >= 11 is 1.05. The van der Waals surface area contributed by atoms with Gasteiger partial charge in [-0.3, -0.25) is 15.0 Å². The van der Waals surface area contributed by atoms with Gasteiger partial charge in [0.15, 0.2) is 11.0 Å². The maximum atomic E-state index is 13.7. The van der Waals surface area contributed by atoms with Crippen molar-refractivity contribution < 1.29 is 13.2 Å². The summed E-state index contributed by atoms with van der Waals surface area (Å²) in [6, 6.07) is 15.5. The van der Waals surface area contributed by atoms with Crippen molar-refractivity contribution >= 4 is 33.3 Å². The molecular formula is C29H23F3N6S. The second-order valence-corrected chi connectivity index (χ2v) is 11.2. The quantitative estimate of drug-likeness (QED) is 0.241. The molecule has 5 heterocycles. The summed E-state index contributed by atoms with van der Waals surface area (Å²) in [6.45, 7) is 2.72. The first-order chi connectivity index (χ1) is 18.8. The number of nitrogens with one attached hydrogen (secondary N) is 2. The van der Waals surface area contributed by atoms with Crippen molar-refractivity contribution in [3.8, 4) is 33.1 Å². The van der Waals surface area contributed by atoms with E-state index in [1.165, 1.54) is 6.07 Å². The number of aromatic amines is 2. The number of aryl methyl sites for hydroxylation is 1. The van der Waals surface area contributed by atoms with Crippen LogP contribution in [0.3, 0.4) is 0 Å². The lowest BCUT2D eigenvalue weighted by Crippen LogP contribution is -2.24. The number of pyridine rings is 1. The van der Waals surface area contributed by atoms with Gasteiger partial charge in [0.2, 0.25) is 0 Å². The van der Waals surface area contributed by atoms with E-state index in [4.69, 9.17) is 4.98 Å². The molecular weight excluding hydrogens is 521 g/mol. The van der Waals surface area contributed by atoms with Crippen LogP contribution in [0.4, 0.5) is 13.2 Å². The Morgan fingerprint density at radius 3 is 2.72 bits per heavy atom. The molecule has 0 radical (unpaired) electrons. The topological polar surface area (TPSA) is 73.5 Å². The second kappa shape index (κ2) is 9.03. The summed E-state index contributed by atoms with van der Waals surface area (Å²) in [5.41, 5.74) is 7.81. The number of imidazole rings is 1. The van der Waals surface area contributed by atoms with Crippen LogP contribution in [0, 0.1) is 12.1 Å². The number of hydrogen-bond acceptors (Lipinski definition) is 5. The van der Waals surface area contributed by atoms with Crippen molar-refractivity contribution in [1.82, 2.24) is 30.0 Å². The normalized spacial score (nSPS) is 15.6. The fourth-order valence-corrected chi connectivity index (χ4v) is 6.12. The molecule has 39 heavy (non-hydrogen) atoms. The molecule has 0 bridgehead atoms. The van der Waals surface area contributed by atoms with Gasteiger partial charge in [-0.1, -0.05) is 23.8 Å². The van der Waals surface area contributed by atoms with Crippen LogP contribution in [0.25, 0.3) is 55.0 Å². The molecule has 1 aliphatic rings. The van der Waals surface area contributed by atoms with Crippen LogP contribution in [-0.2, 0) is 6.54 Å². The Kier molecular flexibility index (Phi) is 5.57. The average Bonchev–Trinajstić information content (AvgIpc) is 3.68. The fourth-order valence-electron chi connectivity index (χ4n) is 5.38. The van der Waals surface area contributed by atoms with E-state index in [0.29, 0.717) is 30.1 Å². The minimum absolute atomic E-state index is 0.0881. The Bertz CT molecular complexity index is 1850. The highest BCUT2D eigenvalue weighted by Crippen LogP contribution is 2.35. The molecule has 2 aromatic carbocycles. The molecule has 1 saturated heterocycles. The first-order valence-electron chi connectivity index (χ1n) is 12.6. The molecule has 196 valence electrons. The maximum Gasteiger partial charge on any atom is 0.261 e. The monoisotopic (exact) mass is 544 g/mol. The van der Waals surface area contributed by atoms with Gasteiger partial charge >= 0.3 is 0 Å². The summed E-state index contributed by atoms with van der Waals surface area (Å²) in [4.78, 5) is 15.0. The molecule has 0 aliphatic carbocycles. The van der Waals surface area contributed by atoms with E-state index >= 15 is 0 Å². The van der Waals surface area contributed by atoms with Crippen LogP contribution in [0.15, 0.2) is 60.9 Å². The highest BCUT2D eigenvalue weighted by atomic mass is 32.1. The SMILES string of the molecule is Cc1cc(CN2CCC(F)(F)C2)cc(-c2ccc3[nH]nc(-c4nc5c(-c6ccc(F)s6)cncc5[nH]4)c3c2)c1. The Hall–Kier alpha value is -4.02. The number of rotatable bonds is 5. The molecule has 1 aliphatic heterocycles. The number of alkyl halides is 2. The predicted octanol–water partition coefficient (Wildman–Crippen LogP) is 7.19. The van der Waals surface area contributed by atoms with E-state index in [1.807, 2.05) is 24.0 Å². The van der Waals surface area contributed by atoms with Crippen molar-refractivity contribution in [3.05, 3.63) is 77.2 Å². The van der Waals surface area contributed by atoms with Gasteiger partial charge < -0.3 is 4.98 Å². The summed E-state index contributed by atoms with van der Waals surface area (Å²) in [5.74, 6) is -2.03. The van der Waals surface area contributed by atoms with E-state index < -0.39 is 5.92 Å². The van der Waals surface area contributed by atoms with Crippen molar-refractivity contribution in [2.24, 2.45) is 0 Å². The number of aromatic nitrogens is 5. The molecule has 2 N–H and O–H groups in total. The number of H-pyrrole nitrogens is 2. The van der Waals surface area contributed by atoms with Crippen LogP contribution < -0.4 is 0 Å². The summed E-state index contributed by atoms with van der Waals surface area (Å²) < 4.78 is 41.1. The van der Waals surface area contributed by atoms with Crippen molar-refractivity contribution in [2.45, 2.75) is 25.8 Å². The number of thiophene rings is 1. The number of hydrogen-bond donors (Lipinski definition) is 2. The molecule has 10 heteroatoms. The zero-order chi connectivity index (χ0) is 26.7. The van der Waals surface area contributed by atoms with Gasteiger partial charge in [0, 0.05) is 41.5 Å². The smallest absolute Gasteiger partial charge is 0.261 e. The second-order valence-electron chi connectivity index (χ2n) is 10.1. The molecule has 1 fully saturated rings.